The Labute approximate surface area is 76.9 Å². The summed E-state index contributed by atoms with van der Waals surface area (Å²) in [6.45, 7) is 4.83. The second kappa shape index (κ2) is 6.47. The zero-order valence-corrected chi connectivity index (χ0v) is 8.44. The molecule has 0 aromatic heterocycles. The standard InChI is InChI=1S/C11H23N/c1-2-11-7-4-3-5-9-12-10-6-8-11/h11-12H,2-10H2,1H3. The molecule has 1 saturated heterocycles. The van der Waals surface area contributed by atoms with Crippen molar-refractivity contribution in [2.45, 2.75) is 51.9 Å². The van der Waals surface area contributed by atoms with Crippen LogP contribution in [0.1, 0.15) is 51.9 Å². The van der Waals surface area contributed by atoms with E-state index in [1.165, 1.54) is 58.0 Å². The maximum absolute atomic E-state index is 3.50. The van der Waals surface area contributed by atoms with Gasteiger partial charge in [0.05, 0.1) is 0 Å². The summed E-state index contributed by atoms with van der Waals surface area (Å²) in [5.41, 5.74) is 0. The van der Waals surface area contributed by atoms with Crippen molar-refractivity contribution < 1.29 is 0 Å². The lowest BCUT2D eigenvalue weighted by atomic mass is 9.93. The Hall–Kier alpha value is -0.0400. The van der Waals surface area contributed by atoms with E-state index in [0.717, 1.165) is 5.92 Å². The van der Waals surface area contributed by atoms with Crippen LogP contribution >= 0.6 is 0 Å². The van der Waals surface area contributed by atoms with Crippen molar-refractivity contribution >= 4 is 0 Å². The zero-order valence-electron chi connectivity index (χ0n) is 8.44. The lowest BCUT2D eigenvalue weighted by molar-refractivity contribution is 0.385. The molecule has 12 heavy (non-hydrogen) atoms. The molecular formula is C11H23N. The summed E-state index contributed by atoms with van der Waals surface area (Å²) in [5.74, 6) is 1.02. The third-order valence-corrected chi connectivity index (χ3v) is 3.01. The molecule has 0 spiro atoms. The summed E-state index contributed by atoms with van der Waals surface area (Å²) in [6.07, 6.45) is 9.98. The first-order chi connectivity index (χ1) is 5.93. The van der Waals surface area contributed by atoms with E-state index < -0.39 is 0 Å². The van der Waals surface area contributed by atoms with Gasteiger partial charge >= 0.3 is 0 Å². The van der Waals surface area contributed by atoms with E-state index in [1.807, 2.05) is 0 Å². The number of rotatable bonds is 1. The SMILES string of the molecule is CCC1CCCCCNCCC1. The van der Waals surface area contributed by atoms with Crippen LogP contribution in [0.15, 0.2) is 0 Å². The van der Waals surface area contributed by atoms with Gasteiger partial charge in [0.15, 0.2) is 0 Å². The van der Waals surface area contributed by atoms with Gasteiger partial charge in [0, 0.05) is 0 Å². The van der Waals surface area contributed by atoms with Gasteiger partial charge in [-0.15, -0.1) is 0 Å². The summed E-state index contributed by atoms with van der Waals surface area (Å²) >= 11 is 0. The van der Waals surface area contributed by atoms with E-state index in [2.05, 4.69) is 12.2 Å². The maximum Gasteiger partial charge on any atom is -0.00488 e. The van der Waals surface area contributed by atoms with Gasteiger partial charge in [-0.2, -0.15) is 0 Å². The lowest BCUT2D eigenvalue weighted by Gasteiger charge is -2.16. The Morgan fingerprint density at radius 2 is 1.75 bits per heavy atom. The normalized spacial score (nSPS) is 28.2. The summed E-state index contributed by atoms with van der Waals surface area (Å²) < 4.78 is 0. The second-order valence-electron chi connectivity index (χ2n) is 4.02. The molecule has 1 rings (SSSR count). The van der Waals surface area contributed by atoms with Crippen LogP contribution in [-0.4, -0.2) is 13.1 Å². The van der Waals surface area contributed by atoms with E-state index >= 15 is 0 Å². The van der Waals surface area contributed by atoms with Crippen LogP contribution in [0, 0.1) is 5.92 Å². The first-order valence-corrected chi connectivity index (χ1v) is 5.64. The van der Waals surface area contributed by atoms with E-state index in [-0.39, 0.29) is 0 Å². The smallest absolute Gasteiger partial charge is 0.00488 e. The molecule has 1 fully saturated rings. The van der Waals surface area contributed by atoms with Gasteiger partial charge in [0.1, 0.15) is 0 Å². The highest BCUT2D eigenvalue weighted by Gasteiger charge is 2.06. The number of hydrogen-bond acceptors (Lipinski definition) is 1. The van der Waals surface area contributed by atoms with E-state index in [9.17, 15) is 0 Å². The largest absolute Gasteiger partial charge is 0.317 e. The monoisotopic (exact) mass is 169 g/mol. The van der Waals surface area contributed by atoms with Crippen LogP contribution in [0.2, 0.25) is 0 Å². The molecule has 1 aliphatic rings. The Balaban J connectivity index is 2.17. The highest BCUT2D eigenvalue weighted by Crippen LogP contribution is 2.19. The maximum atomic E-state index is 3.50. The molecule has 1 aliphatic heterocycles. The molecule has 0 saturated carbocycles. The minimum absolute atomic E-state index is 1.02. The molecule has 0 aromatic rings. The van der Waals surface area contributed by atoms with Crippen LogP contribution in [0.25, 0.3) is 0 Å². The zero-order chi connectivity index (χ0) is 8.65. The minimum Gasteiger partial charge on any atom is -0.317 e. The van der Waals surface area contributed by atoms with Crippen LogP contribution in [-0.2, 0) is 0 Å². The highest BCUT2D eigenvalue weighted by molar-refractivity contribution is 4.62. The van der Waals surface area contributed by atoms with Crippen LogP contribution < -0.4 is 5.32 Å². The highest BCUT2D eigenvalue weighted by atomic mass is 14.8. The van der Waals surface area contributed by atoms with Crippen molar-refractivity contribution in [2.24, 2.45) is 5.92 Å². The van der Waals surface area contributed by atoms with Crippen molar-refractivity contribution in [2.75, 3.05) is 13.1 Å². The van der Waals surface area contributed by atoms with Gasteiger partial charge in [-0.3, -0.25) is 0 Å². The minimum atomic E-state index is 1.02. The van der Waals surface area contributed by atoms with Gasteiger partial charge in [0.2, 0.25) is 0 Å². The molecule has 1 atom stereocenters. The Bertz CT molecular complexity index is 91.2. The van der Waals surface area contributed by atoms with Gasteiger partial charge < -0.3 is 5.32 Å². The molecule has 1 unspecified atom stereocenters. The van der Waals surface area contributed by atoms with E-state index in [4.69, 9.17) is 0 Å². The summed E-state index contributed by atoms with van der Waals surface area (Å²) in [6, 6.07) is 0. The average molecular weight is 169 g/mol. The molecule has 72 valence electrons. The van der Waals surface area contributed by atoms with Crippen molar-refractivity contribution in [3.63, 3.8) is 0 Å². The number of nitrogens with one attached hydrogen (secondary N) is 1. The van der Waals surface area contributed by atoms with Crippen molar-refractivity contribution in [3.8, 4) is 0 Å². The molecule has 0 aliphatic carbocycles. The molecule has 1 heteroatoms. The molecule has 1 N–H and O–H groups in total. The van der Waals surface area contributed by atoms with Gasteiger partial charge in [-0.05, 0) is 38.3 Å². The fourth-order valence-electron chi connectivity index (χ4n) is 2.05. The first kappa shape index (κ1) is 10.0. The summed E-state index contributed by atoms with van der Waals surface area (Å²) in [5, 5.41) is 3.50. The fraction of sp³-hybridized carbons (Fsp3) is 1.00. The van der Waals surface area contributed by atoms with Gasteiger partial charge in [-0.1, -0.05) is 32.6 Å². The Kier molecular flexibility index (Phi) is 5.42. The van der Waals surface area contributed by atoms with Crippen LogP contribution in [0.4, 0.5) is 0 Å². The van der Waals surface area contributed by atoms with Gasteiger partial charge in [0.25, 0.3) is 0 Å². The molecule has 1 heterocycles. The third kappa shape index (κ3) is 4.10. The fourth-order valence-corrected chi connectivity index (χ4v) is 2.05. The van der Waals surface area contributed by atoms with Crippen molar-refractivity contribution in [1.29, 1.82) is 0 Å². The predicted octanol–water partition coefficient (Wildman–Crippen LogP) is 2.96. The second-order valence-corrected chi connectivity index (χ2v) is 4.02. The molecule has 0 radical (unpaired) electrons. The molecule has 0 amide bonds. The lowest BCUT2D eigenvalue weighted by Crippen LogP contribution is -2.18. The van der Waals surface area contributed by atoms with Crippen LogP contribution in [0.3, 0.4) is 0 Å². The van der Waals surface area contributed by atoms with Crippen molar-refractivity contribution in [3.05, 3.63) is 0 Å². The van der Waals surface area contributed by atoms with E-state index in [1.54, 1.807) is 0 Å². The molecular weight excluding hydrogens is 146 g/mol. The Morgan fingerprint density at radius 1 is 1.00 bits per heavy atom. The van der Waals surface area contributed by atoms with E-state index in [0.29, 0.717) is 0 Å². The average Bonchev–Trinajstić information content (AvgIpc) is 2.14. The predicted molar refractivity (Wildman–Crippen MR) is 54.4 cm³/mol. The van der Waals surface area contributed by atoms with Crippen molar-refractivity contribution in [1.82, 2.24) is 5.32 Å². The molecule has 0 aromatic carbocycles. The topological polar surface area (TPSA) is 12.0 Å². The Morgan fingerprint density at radius 3 is 2.58 bits per heavy atom. The first-order valence-electron chi connectivity index (χ1n) is 5.64. The summed E-state index contributed by atoms with van der Waals surface area (Å²) in [7, 11) is 0. The van der Waals surface area contributed by atoms with Crippen LogP contribution in [0.5, 0.6) is 0 Å². The molecule has 1 nitrogen and oxygen atoms in total. The number of hydrogen-bond donors (Lipinski definition) is 1. The third-order valence-electron chi connectivity index (χ3n) is 3.01. The summed E-state index contributed by atoms with van der Waals surface area (Å²) in [4.78, 5) is 0. The van der Waals surface area contributed by atoms with Gasteiger partial charge in [-0.25, -0.2) is 0 Å². The molecule has 0 bridgehead atoms. The quantitative estimate of drug-likeness (QED) is 0.636.